The third-order valence-corrected chi connectivity index (χ3v) is 18.4. The van der Waals surface area contributed by atoms with Gasteiger partial charge in [-0.15, -0.1) is 0 Å². The molecule has 0 spiro atoms. The molecule has 2 aliphatic heterocycles. The highest BCUT2D eigenvalue weighted by Crippen LogP contribution is 2.72. The van der Waals surface area contributed by atoms with Crippen molar-refractivity contribution in [3.05, 3.63) is 136 Å². The average molecular weight is 1130 g/mol. The van der Waals surface area contributed by atoms with Gasteiger partial charge in [0.05, 0.1) is 28.6 Å². The topological polar surface area (TPSA) is 218 Å². The predicted octanol–water partition coefficient (Wildman–Crippen LogP) is 9.92. The minimum atomic E-state index is -1.13. The number of imide groups is 1. The maximum Gasteiger partial charge on any atom is 0.409 e. The Morgan fingerprint density at radius 1 is 0.829 bits per heavy atom. The number of amides is 5. The number of likely N-dealkylation sites (N-methyl/N-ethyl adjacent to an activating group) is 1. The van der Waals surface area contributed by atoms with Gasteiger partial charge in [0.1, 0.15) is 12.4 Å². The van der Waals surface area contributed by atoms with E-state index in [1.54, 1.807) is 18.1 Å². The van der Waals surface area contributed by atoms with Gasteiger partial charge in [0.25, 0.3) is 17.7 Å². The number of anilines is 2. The van der Waals surface area contributed by atoms with Gasteiger partial charge in [-0.2, -0.15) is 5.10 Å². The summed E-state index contributed by atoms with van der Waals surface area (Å²) in [5.74, 6) is -1.79. The van der Waals surface area contributed by atoms with E-state index in [-0.39, 0.29) is 70.7 Å². The van der Waals surface area contributed by atoms with E-state index in [9.17, 15) is 33.9 Å². The first-order valence-electron chi connectivity index (χ1n) is 28.6. The molecule has 6 aliphatic rings. The molecule has 3 aromatic carbocycles. The molecule has 5 heterocycles. The van der Waals surface area contributed by atoms with E-state index in [0.717, 1.165) is 107 Å². The number of carbonyl (C=O) groups excluding carboxylic acids is 5. The van der Waals surface area contributed by atoms with Crippen molar-refractivity contribution in [3.63, 3.8) is 0 Å². The fourth-order valence-corrected chi connectivity index (χ4v) is 15.6. The highest BCUT2D eigenvalue weighted by Gasteiger charge is 2.66. The zero-order valence-corrected chi connectivity index (χ0v) is 47.9. The fourth-order valence-electron chi connectivity index (χ4n) is 14.8. The normalized spacial score (nSPS) is 22.4. The van der Waals surface area contributed by atoms with Crippen LogP contribution in [-0.4, -0.2) is 116 Å². The lowest BCUT2D eigenvalue weighted by Gasteiger charge is -2.69. The lowest BCUT2D eigenvalue weighted by atomic mass is 9.39. The zero-order valence-electron chi connectivity index (χ0n) is 47.1. The van der Waals surface area contributed by atoms with E-state index < -0.39 is 12.1 Å². The molecule has 3 aromatic heterocycles. The Bertz CT molecular complexity index is 3430. The van der Waals surface area contributed by atoms with Gasteiger partial charge in [0.2, 0.25) is 5.91 Å². The van der Waals surface area contributed by atoms with E-state index in [1.807, 2.05) is 78.6 Å². The number of para-hydroxylation sites is 1. The molecule has 5 amide bonds. The standard InChI is InChI=1S/C63H71N9O9S/c1-41-47(45-20-21-51(67-55(45)57(77)78)70-27-24-44-12-10-13-46(48(44)32-70)56(76)68-58-66-49-14-7-8-15-50(49)82-58)31-65-72(41)40-62-35-60(2)34-61(3,36-62)38-63(37-60,39-62)81-30-29-69(4)59(79)80-33-43-18-16-42(17-19-43)11-6-5-9-26-64-52(73)25-28-71-53(74)22-23-54(71)75/h7-8,10,12-23,31H,5-6,9,11,24-30,32-40H2,1-4H3,(H,64,73)(H,77,78)(H,66,68,76). The number of fused-ring (bicyclic) bond motifs is 2. The van der Waals surface area contributed by atoms with Crippen LogP contribution in [0.25, 0.3) is 21.3 Å². The van der Waals surface area contributed by atoms with Gasteiger partial charge in [0.15, 0.2) is 10.8 Å². The highest BCUT2D eigenvalue weighted by atomic mass is 32.1. The van der Waals surface area contributed by atoms with Crippen LogP contribution in [0.2, 0.25) is 0 Å². The summed E-state index contributed by atoms with van der Waals surface area (Å²) < 4.78 is 15.8. The van der Waals surface area contributed by atoms with Crippen molar-refractivity contribution < 1.29 is 43.3 Å². The summed E-state index contributed by atoms with van der Waals surface area (Å²) in [6.07, 6.45) is 14.1. The summed E-state index contributed by atoms with van der Waals surface area (Å²) in [6, 6.07) is 25.3. The first-order valence-corrected chi connectivity index (χ1v) is 29.4. The molecular formula is C63H71N9O9S. The quantitative estimate of drug-likeness (QED) is 0.0426. The minimum Gasteiger partial charge on any atom is -0.476 e. The first kappa shape index (κ1) is 56.1. The smallest absolute Gasteiger partial charge is 0.409 e. The molecule has 82 heavy (non-hydrogen) atoms. The number of aromatic nitrogens is 4. The summed E-state index contributed by atoms with van der Waals surface area (Å²) in [4.78, 5) is 89.7. The Balaban J connectivity index is 0.665. The molecule has 4 saturated carbocycles. The molecular weight excluding hydrogens is 1060 g/mol. The Labute approximate surface area is 481 Å². The third-order valence-electron chi connectivity index (χ3n) is 17.4. The van der Waals surface area contributed by atoms with Crippen LogP contribution in [0, 0.1) is 23.2 Å². The number of aryl methyl sites for hydroxylation is 1. The summed E-state index contributed by atoms with van der Waals surface area (Å²) in [5, 5.41) is 22.0. The van der Waals surface area contributed by atoms with Crippen molar-refractivity contribution in [1.29, 1.82) is 0 Å². The van der Waals surface area contributed by atoms with Gasteiger partial charge in [-0.25, -0.2) is 19.6 Å². The second-order valence-electron chi connectivity index (χ2n) is 24.3. The second kappa shape index (κ2) is 22.9. The summed E-state index contributed by atoms with van der Waals surface area (Å²) in [7, 11) is 1.74. The molecule has 4 fully saturated rings. The number of unbranched alkanes of at least 4 members (excludes halogenated alkanes) is 2. The monoisotopic (exact) mass is 1130 g/mol. The summed E-state index contributed by atoms with van der Waals surface area (Å²) in [5.41, 5.74) is 7.15. The van der Waals surface area contributed by atoms with Gasteiger partial charge in [-0.3, -0.25) is 34.1 Å². The first-order chi connectivity index (χ1) is 39.4. The molecule has 19 heteroatoms. The highest BCUT2D eigenvalue weighted by molar-refractivity contribution is 7.22. The number of carbonyl (C=O) groups is 6. The maximum atomic E-state index is 13.7. The number of benzene rings is 3. The van der Waals surface area contributed by atoms with E-state index >= 15 is 0 Å². The number of nitrogens with one attached hydrogen (secondary N) is 2. The molecule has 2 atom stereocenters. The molecule has 6 aromatic rings. The molecule has 428 valence electrons. The predicted molar refractivity (Wildman–Crippen MR) is 311 cm³/mol. The second-order valence-corrected chi connectivity index (χ2v) is 25.3. The van der Waals surface area contributed by atoms with Crippen LogP contribution < -0.4 is 15.5 Å². The minimum absolute atomic E-state index is 0.0501. The number of hydrogen-bond donors (Lipinski definition) is 3. The molecule has 18 nitrogen and oxygen atoms in total. The largest absolute Gasteiger partial charge is 0.476 e. The van der Waals surface area contributed by atoms with Gasteiger partial charge >= 0.3 is 12.1 Å². The lowest BCUT2D eigenvalue weighted by molar-refractivity contribution is -0.248. The Morgan fingerprint density at radius 3 is 2.34 bits per heavy atom. The Kier molecular flexibility index (Phi) is 15.7. The number of hydrogen-bond acceptors (Lipinski definition) is 13. The fraction of sp³-hybridized carbons (Fsp3) is 0.444. The molecule has 4 bridgehead atoms. The number of aromatic carboxylic acids is 1. The molecule has 12 rings (SSSR count). The number of carboxylic acid groups (broad SMARTS) is 1. The molecule has 4 aliphatic carbocycles. The average Bonchev–Trinajstić information content (AvgIpc) is 0.863. The number of thiazole rings is 1. The van der Waals surface area contributed by atoms with Crippen molar-refractivity contribution in [2.45, 2.75) is 123 Å². The molecule has 0 radical (unpaired) electrons. The van der Waals surface area contributed by atoms with E-state index in [0.29, 0.717) is 67.8 Å². The summed E-state index contributed by atoms with van der Waals surface area (Å²) >= 11 is 1.43. The Hall–Kier alpha value is -7.77. The number of rotatable bonds is 22. The van der Waals surface area contributed by atoms with Gasteiger partial charge < -0.3 is 29.7 Å². The summed E-state index contributed by atoms with van der Waals surface area (Å²) in [6.45, 7) is 10.0. The zero-order chi connectivity index (χ0) is 57.4. The van der Waals surface area contributed by atoms with E-state index in [4.69, 9.17) is 19.6 Å². The van der Waals surface area contributed by atoms with Crippen LogP contribution >= 0.6 is 11.3 Å². The van der Waals surface area contributed by atoms with Gasteiger partial charge in [-0.1, -0.05) is 80.1 Å². The number of ether oxygens (including phenoxy) is 2. The third kappa shape index (κ3) is 12.1. The lowest BCUT2D eigenvalue weighted by Crippen LogP contribution is -2.64. The SMILES string of the molecule is Cc1c(-c2ccc(N3CCc4cccc(C(=O)Nc5nc6ccccc6s5)c4C3)nc2C(=O)O)cnn1CC12CC3(C)CC(C)(C1)CC(OCCN(C)C(=O)OCc1ccc(CCCCCNC(=O)CCN4C(=O)C=CC4=O)cc1)(C3)C2. The number of nitrogens with zero attached hydrogens (tertiary/aromatic N) is 7. The Morgan fingerprint density at radius 2 is 1.59 bits per heavy atom. The van der Waals surface area contributed by atoms with Crippen LogP contribution in [-0.2, 0) is 56.4 Å². The van der Waals surface area contributed by atoms with Crippen molar-refractivity contribution in [2.75, 3.05) is 50.1 Å². The molecule has 0 saturated heterocycles. The van der Waals surface area contributed by atoms with Gasteiger partial charge in [-0.05, 0) is 140 Å². The van der Waals surface area contributed by atoms with Crippen molar-refractivity contribution >= 4 is 68.2 Å². The van der Waals surface area contributed by atoms with Crippen LogP contribution in [0.1, 0.15) is 127 Å². The van der Waals surface area contributed by atoms with Crippen LogP contribution in [0.5, 0.6) is 0 Å². The van der Waals surface area contributed by atoms with Gasteiger partial charge in [0, 0.05) is 87.3 Å². The maximum absolute atomic E-state index is 13.7. The molecule has 2 unspecified atom stereocenters. The van der Waals surface area contributed by atoms with Crippen molar-refractivity contribution in [1.82, 2.24) is 34.9 Å². The number of carboxylic acids is 1. The van der Waals surface area contributed by atoms with Crippen molar-refractivity contribution in [2.24, 2.45) is 16.2 Å². The van der Waals surface area contributed by atoms with Crippen LogP contribution in [0.4, 0.5) is 15.7 Å². The van der Waals surface area contributed by atoms with Crippen LogP contribution in [0.3, 0.4) is 0 Å². The van der Waals surface area contributed by atoms with Crippen LogP contribution in [0.15, 0.2) is 97.2 Å². The number of pyridine rings is 1. The van der Waals surface area contributed by atoms with E-state index in [2.05, 4.69) is 46.3 Å². The molecule has 3 N–H and O–H groups in total. The van der Waals surface area contributed by atoms with Crippen molar-refractivity contribution in [3.8, 4) is 11.1 Å². The van der Waals surface area contributed by atoms with E-state index in [1.165, 1.54) is 29.1 Å².